The molecule has 1 N–H and O–H groups in total. The first-order chi connectivity index (χ1) is 18.3. The van der Waals surface area contributed by atoms with Crippen LogP contribution in [0.2, 0.25) is 5.02 Å². The third-order valence-electron chi connectivity index (χ3n) is 8.48. The van der Waals surface area contributed by atoms with Crippen LogP contribution in [0.15, 0.2) is 30.7 Å². The predicted molar refractivity (Wildman–Crippen MR) is 145 cm³/mol. The Morgan fingerprint density at radius 1 is 1.13 bits per heavy atom. The van der Waals surface area contributed by atoms with Crippen LogP contribution in [0.25, 0.3) is 10.9 Å². The maximum absolute atomic E-state index is 13.6. The average molecular weight is 539 g/mol. The summed E-state index contributed by atoms with van der Waals surface area (Å²) in [5.41, 5.74) is 0.854. The molecule has 8 nitrogen and oxygen atoms in total. The molecule has 1 aliphatic carbocycles. The molecule has 0 bridgehead atoms. The number of aliphatic hydroxyl groups is 1. The summed E-state index contributed by atoms with van der Waals surface area (Å²) in [6, 6.07) is 5.53. The van der Waals surface area contributed by atoms with E-state index in [0.29, 0.717) is 58.7 Å². The van der Waals surface area contributed by atoms with Gasteiger partial charge in [-0.15, -0.1) is 0 Å². The van der Waals surface area contributed by atoms with Gasteiger partial charge in [-0.05, 0) is 43.4 Å². The van der Waals surface area contributed by atoms with Crippen molar-refractivity contribution in [1.82, 2.24) is 19.4 Å². The van der Waals surface area contributed by atoms with E-state index in [1.165, 1.54) is 7.11 Å². The lowest BCUT2D eigenvalue weighted by Gasteiger charge is -2.42. The Kier molecular flexibility index (Phi) is 7.47. The Labute approximate surface area is 228 Å². The van der Waals surface area contributed by atoms with Gasteiger partial charge in [0.25, 0.3) is 0 Å². The molecule has 0 spiro atoms. The summed E-state index contributed by atoms with van der Waals surface area (Å²) >= 11 is 6.97. The molecule has 1 saturated heterocycles. The third-order valence-corrected chi connectivity index (χ3v) is 8.88. The molecule has 0 radical (unpaired) electrons. The number of carbonyl (C=O) groups is 2. The molecule has 9 heteroatoms. The SMILES string of the molecule is COc1nc2ccc(C(O)(c3cncn3C)C3CCN(C(C)=O)CC3)cc2c(Cl)c1C(=O)C1CCCCC1. The highest BCUT2D eigenvalue weighted by atomic mass is 35.5. The number of ketones is 1. The van der Waals surface area contributed by atoms with E-state index >= 15 is 0 Å². The number of imidazole rings is 1. The minimum absolute atomic E-state index is 0.0233. The highest BCUT2D eigenvalue weighted by molar-refractivity contribution is 6.39. The van der Waals surface area contributed by atoms with Crippen molar-refractivity contribution in [1.29, 1.82) is 0 Å². The summed E-state index contributed by atoms with van der Waals surface area (Å²) in [7, 11) is 3.37. The first kappa shape index (κ1) is 26.6. The number of Topliss-reactive ketones (excluding diaryl/α,β-unsaturated/α-hetero) is 1. The van der Waals surface area contributed by atoms with Crippen LogP contribution in [0.5, 0.6) is 5.88 Å². The van der Waals surface area contributed by atoms with Gasteiger partial charge in [0, 0.05) is 44.3 Å². The van der Waals surface area contributed by atoms with Crippen molar-refractivity contribution in [2.45, 2.75) is 57.5 Å². The molecule has 1 atom stereocenters. The van der Waals surface area contributed by atoms with Crippen LogP contribution in [0.1, 0.15) is 73.5 Å². The standard InChI is InChI=1S/C29H35ClN4O4/c1-18(35)34-13-11-20(12-14-34)29(37,24-16-31-17-33(24)2)21-9-10-23-22(15-21)26(30)25(28(32-23)38-3)27(36)19-7-5-4-6-8-19/h9-10,15-17,19-20,37H,4-8,11-14H2,1-3H3. The molecule has 2 aromatic heterocycles. The van der Waals surface area contributed by atoms with Crippen LogP contribution >= 0.6 is 11.6 Å². The minimum atomic E-state index is -1.38. The van der Waals surface area contributed by atoms with Gasteiger partial charge in [0.05, 0.1) is 41.4 Å². The molecule has 5 rings (SSSR count). The van der Waals surface area contributed by atoms with E-state index in [9.17, 15) is 14.7 Å². The van der Waals surface area contributed by atoms with Crippen molar-refractivity contribution in [3.8, 4) is 5.88 Å². The number of fused-ring (bicyclic) bond motifs is 1. The van der Waals surface area contributed by atoms with Gasteiger partial charge in [-0.1, -0.05) is 36.9 Å². The van der Waals surface area contributed by atoms with Gasteiger partial charge in [-0.25, -0.2) is 9.97 Å². The fourth-order valence-electron chi connectivity index (χ4n) is 6.30. The van der Waals surface area contributed by atoms with E-state index in [1.54, 1.807) is 19.4 Å². The molecule has 2 aliphatic rings. The number of hydrogen-bond acceptors (Lipinski definition) is 6. The van der Waals surface area contributed by atoms with E-state index in [2.05, 4.69) is 9.97 Å². The number of nitrogens with zero attached hydrogens (tertiary/aromatic N) is 4. The Bertz CT molecular complexity index is 1360. The Hall–Kier alpha value is -2.97. The molecule has 1 saturated carbocycles. The maximum Gasteiger partial charge on any atom is 0.226 e. The molecule has 1 aliphatic heterocycles. The third kappa shape index (κ3) is 4.58. The van der Waals surface area contributed by atoms with Gasteiger partial charge in [-0.2, -0.15) is 0 Å². The smallest absolute Gasteiger partial charge is 0.226 e. The number of benzene rings is 1. The van der Waals surface area contributed by atoms with E-state index in [1.807, 2.05) is 34.7 Å². The number of pyridine rings is 1. The zero-order valence-corrected chi connectivity index (χ0v) is 23.0. The summed E-state index contributed by atoms with van der Waals surface area (Å²) in [4.78, 5) is 36.3. The van der Waals surface area contributed by atoms with Gasteiger partial charge in [0.15, 0.2) is 5.78 Å². The number of likely N-dealkylation sites (tertiary alicyclic amines) is 1. The molecule has 2 fully saturated rings. The predicted octanol–water partition coefficient (Wildman–Crippen LogP) is 4.89. The van der Waals surface area contributed by atoms with E-state index in [0.717, 1.165) is 32.1 Å². The second-order valence-corrected chi connectivity index (χ2v) is 11.1. The van der Waals surface area contributed by atoms with Crippen molar-refractivity contribution in [3.05, 3.63) is 52.6 Å². The summed E-state index contributed by atoms with van der Waals surface area (Å²) in [6.07, 6.45) is 9.53. The normalized spacial score (nSPS) is 18.9. The number of hydrogen-bond donors (Lipinski definition) is 1. The van der Waals surface area contributed by atoms with E-state index in [-0.39, 0.29) is 29.4 Å². The summed E-state index contributed by atoms with van der Waals surface area (Å²) in [5, 5.41) is 13.4. The van der Waals surface area contributed by atoms with E-state index in [4.69, 9.17) is 16.3 Å². The molecule has 1 aromatic carbocycles. The van der Waals surface area contributed by atoms with Gasteiger partial charge in [0.2, 0.25) is 11.8 Å². The van der Waals surface area contributed by atoms with Gasteiger partial charge in [0.1, 0.15) is 5.60 Å². The highest BCUT2D eigenvalue weighted by Crippen LogP contribution is 2.44. The van der Waals surface area contributed by atoms with Crippen molar-refractivity contribution < 1.29 is 19.4 Å². The zero-order valence-electron chi connectivity index (χ0n) is 22.2. The van der Waals surface area contributed by atoms with Crippen LogP contribution in [0.4, 0.5) is 0 Å². The molecule has 3 aromatic rings. The van der Waals surface area contributed by atoms with Crippen molar-refractivity contribution in [2.24, 2.45) is 18.9 Å². The summed E-state index contributed by atoms with van der Waals surface area (Å²) in [6.45, 7) is 2.73. The van der Waals surface area contributed by atoms with Crippen LogP contribution in [-0.2, 0) is 17.4 Å². The molecular formula is C29H35ClN4O4. The second-order valence-electron chi connectivity index (χ2n) is 10.7. The highest BCUT2D eigenvalue weighted by Gasteiger charge is 2.44. The van der Waals surface area contributed by atoms with Crippen molar-refractivity contribution in [3.63, 3.8) is 0 Å². The number of aryl methyl sites for hydroxylation is 1. The van der Waals surface area contributed by atoms with Crippen LogP contribution < -0.4 is 4.74 Å². The average Bonchev–Trinajstić information content (AvgIpc) is 3.38. The molecule has 1 unspecified atom stereocenters. The van der Waals surface area contributed by atoms with Crippen LogP contribution in [0.3, 0.4) is 0 Å². The monoisotopic (exact) mass is 538 g/mol. The minimum Gasteiger partial charge on any atom is -0.480 e. The topological polar surface area (TPSA) is 97.6 Å². The van der Waals surface area contributed by atoms with Crippen LogP contribution in [0, 0.1) is 11.8 Å². The molecule has 38 heavy (non-hydrogen) atoms. The number of carbonyl (C=O) groups excluding carboxylic acids is 2. The molecule has 202 valence electrons. The zero-order chi connectivity index (χ0) is 27.0. The van der Waals surface area contributed by atoms with Gasteiger partial charge < -0.3 is 19.3 Å². The molecular weight excluding hydrogens is 504 g/mol. The second kappa shape index (κ2) is 10.7. The molecule has 1 amide bonds. The van der Waals surface area contributed by atoms with Crippen LogP contribution in [-0.4, -0.2) is 56.4 Å². The number of methoxy groups -OCH3 is 1. The number of aromatic nitrogens is 3. The number of halogens is 1. The maximum atomic E-state index is 13.6. The Balaban J connectivity index is 1.62. The first-order valence-electron chi connectivity index (χ1n) is 13.4. The Morgan fingerprint density at radius 3 is 2.45 bits per heavy atom. The number of rotatable bonds is 6. The fourth-order valence-corrected chi connectivity index (χ4v) is 6.63. The number of piperidine rings is 1. The number of ether oxygens (including phenoxy) is 1. The van der Waals surface area contributed by atoms with E-state index < -0.39 is 5.60 Å². The fraction of sp³-hybridized carbons (Fsp3) is 0.517. The lowest BCUT2D eigenvalue weighted by molar-refractivity contribution is -0.131. The summed E-state index contributed by atoms with van der Waals surface area (Å²) in [5.74, 6) is 0.0177. The van der Waals surface area contributed by atoms with Gasteiger partial charge >= 0.3 is 0 Å². The number of amides is 1. The lowest BCUT2D eigenvalue weighted by atomic mass is 9.73. The Morgan fingerprint density at radius 2 is 1.84 bits per heavy atom. The summed E-state index contributed by atoms with van der Waals surface area (Å²) < 4.78 is 7.36. The quantitative estimate of drug-likeness (QED) is 0.449. The lowest BCUT2D eigenvalue weighted by Crippen LogP contribution is -2.46. The first-order valence-corrected chi connectivity index (χ1v) is 13.8. The van der Waals surface area contributed by atoms with Crippen molar-refractivity contribution >= 4 is 34.2 Å². The largest absolute Gasteiger partial charge is 0.480 e. The van der Waals surface area contributed by atoms with Crippen molar-refractivity contribution in [2.75, 3.05) is 20.2 Å². The van der Waals surface area contributed by atoms with Gasteiger partial charge in [-0.3, -0.25) is 9.59 Å². The molecule has 3 heterocycles.